The summed E-state index contributed by atoms with van der Waals surface area (Å²) in [6.07, 6.45) is 0.958. The molecule has 1 amide bonds. The quantitative estimate of drug-likeness (QED) is 0.731. The van der Waals surface area contributed by atoms with E-state index in [1.54, 1.807) is 12.1 Å². The predicted molar refractivity (Wildman–Crippen MR) is 106 cm³/mol. The van der Waals surface area contributed by atoms with Crippen molar-refractivity contribution in [1.82, 2.24) is 9.88 Å². The van der Waals surface area contributed by atoms with Gasteiger partial charge in [-0.25, -0.2) is 9.37 Å². The molecule has 0 spiro atoms. The molecule has 0 fully saturated rings. The van der Waals surface area contributed by atoms with Crippen LogP contribution in [0.1, 0.15) is 18.1 Å². The number of nitrogens with zero attached hydrogens (tertiary/aromatic N) is 2. The topological polar surface area (TPSA) is 45.2 Å². The molecule has 1 aliphatic heterocycles. The highest BCUT2D eigenvalue weighted by Crippen LogP contribution is 2.26. The van der Waals surface area contributed by atoms with Crippen LogP contribution in [0, 0.1) is 5.82 Å². The number of aromatic nitrogens is 1. The molecule has 0 saturated carbocycles. The lowest BCUT2D eigenvalue weighted by atomic mass is 9.99. The van der Waals surface area contributed by atoms with Gasteiger partial charge < -0.3 is 5.32 Å². The monoisotopic (exact) mass is 381 g/mol. The summed E-state index contributed by atoms with van der Waals surface area (Å²) in [5, 5.41) is 5.34. The highest BCUT2D eigenvalue weighted by molar-refractivity contribution is 7.14. The summed E-state index contributed by atoms with van der Waals surface area (Å²) in [5.41, 5.74) is 4.21. The highest BCUT2D eigenvalue weighted by atomic mass is 32.1. The summed E-state index contributed by atoms with van der Waals surface area (Å²) in [5.74, 6) is -0.339. The number of hydrogen-bond donors (Lipinski definition) is 1. The smallest absolute Gasteiger partial charge is 0.243 e. The third kappa shape index (κ3) is 3.91. The first kappa shape index (κ1) is 17.8. The number of halogens is 1. The molecule has 0 saturated heterocycles. The summed E-state index contributed by atoms with van der Waals surface area (Å²) in [7, 11) is 0. The van der Waals surface area contributed by atoms with Gasteiger partial charge in [-0.05, 0) is 48.7 Å². The molecule has 1 atom stereocenters. The van der Waals surface area contributed by atoms with Crippen molar-refractivity contribution in [2.45, 2.75) is 25.9 Å². The predicted octanol–water partition coefficient (Wildman–Crippen LogP) is 4.33. The average Bonchev–Trinajstić information content (AvgIpc) is 3.16. The minimum atomic E-state index is -0.278. The van der Waals surface area contributed by atoms with E-state index >= 15 is 0 Å². The molecule has 0 radical (unpaired) electrons. The van der Waals surface area contributed by atoms with Crippen LogP contribution in [0.3, 0.4) is 0 Å². The van der Waals surface area contributed by atoms with Crippen LogP contribution in [-0.4, -0.2) is 28.4 Å². The normalized spacial score (nSPS) is 15.2. The van der Waals surface area contributed by atoms with Gasteiger partial charge in [0.25, 0.3) is 0 Å². The lowest BCUT2D eigenvalue weighted by Gasteiger charge is -2.32. The maximum absolute atomic E-state index is 13.1. The van der Waals surface area contributed by atoms with Crippen molar-refractivity contribution >= 4 is 22.4 Å². The Morgan fingerprint density at radius 2 is 1.93 bits per heavy atom. The standard InChI is InChI=1S/C21H20FN3OS/c1-14(25-11-10-15-4-2-3-5-17(15)12-25)20(26)24-21-23-19(13-27-21)16-6-8-18(22)9-7-16/h2-9,13-14H,10-12H2,1H3,(H,23,24,26)/t14-/m1/s1. The molecule has 6 heteroatoms. The lowest BCUT2D eigenvalue weighted by Crippen LogP contribution is -2.44. The van der Waals surface area contributed by atoms with E-state index in [2.05, 4.69) is 33.4 Å². The number of hydrogen-bond acceptors (Lipinski definition) is 4. The Labute approximate surface area is 161 Å². The van der Waals surface area contributed by atoms with Crippen molar-refractivity contribution in [2.75, 3.05) is 11.9 Å². The molecule has 1 aromatic heterocycles. The summed E-state index contributed by atoms with van der Waals surface area (Å²) in [6.45, 7) is 3.57. The molecule has 1 N–H and O–H groups in total. The summed E-state index contributed by atoms with van der Waals surface area (Å²) >= 11 is 1.37. The van der Waals surface area contributed by atoms with Gasteiger partial charge in [-0.2, -0.15) is 0 Å². The number of nitrogens with one attached hydrogen (secondary N) is 1. The molecule has 3 aromatic rings. The summed E-state index contributed by atoms with van der Waals surface area (Å²) in [4.78, 5) is 19.3. The lowest BCUT2D eigenvalue weighted by molar-refractivity contribution is -0.121. The maximum Gasteiger partial charge on any atom is 0.243 e. The fourth-order valence-electron chi connectivity index (χ4n) is 3.31. The number of fused-ring (bicyclic) bond motifs is 1. The van der Waals surface area contributed by atoms with Gasteiger partial charge >= 0.3 is 0 Å². The Bertz CT molecular complexity index is 954. The molecule has 1 aliphatic rings. The fourth-order valence-corrected chi connectivity index (χ4v) is 4.03. The Kier molecular flexibility index (Phi) is 5.01. The molecular formula is C21H20FN3OS. The number of thiazole rings is 1. The second kappa shape index (κ2) is 7.58. The van der Waals surface area contributed by atoms with E-state index in [1.807, 2.05) is 18.4 Å². The van der Waals surface area contributed by atoms with Crippen LogP contribution < -0.4 is 5.32 Å². The number of anilines is 1. The highest BCUT2D eigenvalue weighted by Gasteiger charge is 2.25. The Morgan fingerprint density at radius 3 is 2.70 bits per heavy atom. The van der Waals surface area contributed by atoms with Crippen LogP contribution in [0.15, 0.2) is 53.9 Å². The van der Waals surface area contributed by atoms with E-state index in [0.717, 1.165) is 30.8 Å². The average molecular weight is 381 g/mol. The van der Waals surface area contributed by atoms with Gasteiger partial charge in [0.15, 0.2) is 5.13 Å². The molecule has 2 heterocycles. The number of benzene rings is 2. The maximum atomic E-state index is 13.1. The minimum absolute atomic E-state index is 0.0608. The van der Waals surface area contributed by atoms with Gasteiger partial charge in [0.2, 0.25) is 5.91 Å². The van der Waals surface area contributed by atoms with Gasteiger partial charge in [-0.1, -0.05) is 24.3 Å². The molecule has 4 rings (SSSR count). The molecule has 0 bridgehead atoms. The van der Waals surface area contributed by atoms with E-state index in [1.165, 1.54) is 34.6 Å². The van der Waals surface area contributed by atoms with Crippen molar-refractivity contribution < 1.29 is 9.18 Å². The third-order valence-corrected chi connectivity index (χ3v) is 5.72. The molecule has 4 nitrogen and oxygen atoms in total. The van der Waals surface area contributed by atoms with E-state index in [9.17, 15) is 9.18 Å². The molecule has 0 aliphatic carbocycles. The van der Waals surface area contributed by atoms with Gasteiger partial charge in [0, 0.05) is 24.0 Å². The van der Waals surface area contributed by atoms with Crippen molar-refractivity contribution in [3.63, 3.8) is 0 Å². The zero-order valence-corrected chi connectivity index (χ0v) is 15.8. The SMILES string of the molecule is C[C@H](C(=O)Nc1nc(-c2ccc(F)cc2)cs1)N1CCc2ccccc2C1. The zero-order valence-electron chi connectivity index (χ0n) is 15.0. The minimum Gasteiger partial charge on any atom is -0.301 e. The number of rotatable bonds is 4. The third-order valence-electron chi connectivity index (χ3n) is 4.96. The van der Waals surface area contributed by atoms with E-state index in [4.69, 9.17) is 0 Å². The second-order valence-electron chi connectivity index (χ2n) is 6.70. The van der Waals surface area contributed by atoms with Crippen LogP contribution >= 0.6 is 11.3 Å². The van der Waals surface area contributed by atoms with Gasteiger partial charge in [0.1, 0.15) is 5.82 Å². The van der Waals surface area contributed by atoms with Crippen molar-refractivity contribution in [3.8, 4) is 11.3 Å². The molecule has 27 heavy (non-hydrogen) atoms. The molecule has 138 valence electrons. The fraction of sp³-hybridized carbons (Fsp3) is 0.238. The number of carbonyl (C=O) groups is 1. The molecule has 2 aromatic carbocycles. The number of amides is 1. The van der Waals surface area contributed by atoms with Crippen LogP contribution in [0.4, 0.5) is 9.52 Å². The van der Waals surface area contributed by atoms with Crippen molar-refractivity contribution in [2.24, 2.45) is 0 Å². The molecular weight excluding hydrogens is 361 g/mol. The van der Waals surface area contributed by atoms with Crippen molar-refractivity contribution in [3.05, 3.63) is 70.9 Å². The van der Waals surface area contributed by atoms with Gasteiger partial charge in [-0.3, -0.25) is 9.69 Å². The van der Waals surface area contributed by atoms with Crippen molar-refractivity contribution in [1.29, 1.82) is 0 Å². The first-order valence-corrected chi connectivity index (χ1v) is 9.81. The number of carbonyl (C=O) groups excluding carboxylic acids is 1. The van der Waals surface area contributed by atoms with Gasteiger partial charge in [-0.15, -0.1) is 11.3 Å². The largest absolute Gasteiger partial charge is 0.301 e. The Balaban J connectivity index is 1.41. The first-order chi connectivity index (χ1) is 13.1. The van der Waals surface area contributed by atoms with Crippen LogP contribution in [0.25, 0.3) is 11.3 Å². The van der Waals surface area contributed by atoms with E-state index in [0.29, 0.717) is 5.13 Å². The first-order valence-electron chi connectivity index (χ1n) is 8.93. The Hall–Kier alpha value is -2.57. The van der Waals surface area contributed by atoms with Crippen LogP contribution in [0.5, 0.6) is 0 Å². The van der Waals surface area contributed by atoms with Crippen LogP contribution in [0.2, 0.25) is 0 Å². The van der Waals surface area contributed by atoms with Gasteiger partial charge in [0.05, 0.1) is 11.7 Å². The zero-order chi connectivity index (χ0) is 18.8. The van der Waals surface area contributed by atoms with E-state index in [-0.39, 0.29) is 17.8 Å². The summed E-state index contributed by atoms with van der Waals surface area (Å²) < 4.78 is 13.1. The molecule has 0 unspecified atom stereocenters. The van der Waals surface area contributed by atoms with E-state index < -0.39 is 0 Å². The Morgan fingerprint density at radius 1 is 1.19 bits per heavy atom. The second-order valence-corrected chi connectivity index (χ2v) is 7.56. The van der Waals surface area contributed by atoms with Crippen LogP contribution in [-0.2, 0) is 17.8 Å². The summed E-state index contributed by atoms with van der Waals surface area (Å²) in [6, 6.07) is 14.3.